The number of carbonyl (C=O) groups is 1. The number of Topliss-reactive ketones (excluding diaryl/α,β-unsaturated/α-hetero) is 1. The molecule has 0 radical (unpaired) electrons. The van der Waals surface area contributed by atoms with Crippen LogP contribution < -0.4 is 0 Å². The molecule has 0 bridgehead atoms. The van der Waals surface area contributed by atoms with Gasteiger partial charge in [0.1, 0.15) is 6.61 Å². The molecule has 64 valence electrons. The molecule has 3 heteroatoms. The van der Waals surface area contributed by atoms with E-state index in [9.17, 15) is 4.79 Å². The van der Waals surface area contributed by atoms with E-state index < -0.39 is 0 Å². The summed E-state index contributed by atoms with van der Waals surface area (Å²) in [6.07, 6.45) is 0. The monoisotopic (exact) mass is 157 g/mol. The van der Waals surface area contributed by atoms with E-state index in [1.807, 2.05) is 19.0 Å². The first-order valence-electron chi connectivity index (χ1n) is 3.51. The van der Waals surface area contributed by atoms with Gasteiger partial charge in [-0.1, -0.05) is 6.58 Å². The van der Waals surface area contributed by atoms with Gasteiger partial charge in [-0.15, -0.1) is 0 Å². The third kappa shape index (κ3) is 5.61. The minimum atomic E-state index is -0.108. The summed E-state index contributed by atoms with van der Waals surface area (Å²) in [7, 11) is 3.89. The number of likely N-dealkylation sites (N-methyl/N-ethyl adjacent to an activating group) is 1. The van der Waals surface area contributed by atoms with Gasteiger partial charge in [0, 0.05) is 13.5 Å². The lowest BCUT2D eigenvalue weighted by molar-refractivity contribution is -0.116. The summed E-state index contributed by atoms with van der Waals surface area (Å²) < 4.78 is 5.03. The summed E-state index contributed by atoms with van der Waals surface area (Å²) in [5, 5.41) is 0. The zero-order valence-electron chi connectivity index (χ0n) is 7.39. The predicted octanol–water partition coefficient (Wildman–Crippen LogP) is 0.667. The van der Waals surface area contributed by atoms with Gasteiger partial charge >= 0.3 is 0 Å². The zero-order valence-corrected chi connectivity index (χ0v) is 7.39. The lowest BCUT2D eigenvalue weighted by Gasteiger charge is -2.10. The number of ketones is 1. The van der Waals surface area contributed by atoms with Crippen LogP contribution in [-0.2, 0) is 9.53 Å². The average molecular weight is 157 g/mol. The Morgan fingerprint density at radius 2 is 2.09 bits per heavy atom. The van der Waals surface area contributed by atoms with Crippen LogP contribution in [0.5, 0.6) is 0 Å². The molecule has 0 spiro atoms. The number of hydrogen-bond acceptors (Lipinski definition) is 3. The first-order chi connectivity index (χ1) is 5.04. The molecule has 0 aromatic heterocycles. The molecule has 0 heterocycles. The Morgan fingerprint density at radius 1 is 1.55 bits per heavy atom. The van der Waals surface area contributed by atoms with Crippen molar-refractivity contribution in [1.82, 2.24) is 4.90 Å². The fourth-order valence-electron chi connectivity index (χ4n) is 0.453. The summed E-state index contributed by atoms with van der Waals surface area (Å²) in [6.45, 7) is 6.22. The van der Waals surface area contributed by atoms with Crippen molar-refractivity contribution >= 4 is 5.78 Å². The van der Waals surface area contributed by atoms with Crippen molar-refractivity contribution in [2.45, 2.75) is 6.92 Å². The van der Waals surface area contributed by atoms with Crippen LogP contribution in [0.15, 0.2) is 12.3 Å². The molecule has 0 aromatic carbocycles. The molecular formula is C8H15NO2. The Labute approximate surface area is 67.6 Å². The topological polar surface area (TPSA) is 29.5 Å². The highest BCUT2D eigenvalue weighted by Crippen LogP contribution is 1.93. The molecule has 0 rings (SSSR count). The van der Waals surface area contributed by atoms with Crippen LogP contribution in [0.25, 0.3) is 0 Å². The summed E-state index contributed by atoms with van der Waals surface area (Å²) >= 11 is 0. The highest BCUT2D eigenvalue weighted by Gasteiger charge is 1.99. The van der Waals surface area contributed by atoms with Crippen LogP contribution in [0.3, 0.4) is 0 Å². The van der Waals surface area contributed by atoms with Crippen LogP contribution in [0.1, 0.15) is 6.92 Å². The molecule has 0 aromatic rings. The highest BCUT2D eigenvalue weighted by molar-refractivity contribution is 5.90. The molecule has 0 saturated carbocycles. The Hall–Kier alpha value is -0.830. The Balaban J connectivity index is 3.40. The van der Waals surface area contributed by atoms with Gasteiger partial charge in [-0.3, -0.25) is 4.79 Å². The molecule has 0 aliphatic rings. The van der Waals surface area contributed by atoms with E-state index in [0.717, 1.165) is 6.54 Å². The highest BCUT2D eigenvalue weighted by atomic mass is 16.5. The Kier molecular flexibility index (Phi) is 4.54. The second kappa shape index (κ2) is 4.91. The molecule has 0 saturated heterocycles. The van der Waals surface area contributed by atoms with Crippen molar-refractivity contribution in [2.75, 3.05) is 27.2 Å². The molecule has 11 heavy (non-hydrogen) atoms. The van der Waals surface area contributed by atoms with Crippen molar-refractivity contribution in [3.63, 3.8) is 0 Å². The summed E-state index contributed by atoms with van der Waals surface area (Å²) in [4.78, 5) is 12.6. The first-order valence-corrected chi connectivity index (χ1v) is 3.51. The number of rotatable bonds is 5. The fraction of sp³-hybridized carbons (Fsp3) is 0.625. The van der Waals surface area contributed by atoms with Gasteiger partial charge < -0.3 is 9.64 Å². The average Bonchev–Trinajstić information content (AvgIpc) is 1.86. The molecular weight excluding hydrogens is 142 g/mol. The van der Waals surface area contributed by atoms with Gasteiger partial charge in [-0.2, -0.15) is 0 Å². The minimum absolute atomic E-state index is 0.108. The maximum Gasteiger partial charge on any atom is 0.193 e. The molecule has 0 fully saturated rings. The lowest BCUT2D eigenvalue weighted by Crippen LogP contribution is -2.18. The SMILES string of the molecule is C=C(OCCN(C)C)C(C)=O. The maximum atomic E-state index is 10.6. The van der Waals surface area contributed by atoms with Crippen molar-refractivity contribution in [3.8, 4) is 0 Å². The van der Waals surface area contributed by atoms with Crippen LogP contribution in [-0.4, -0.2) is 37.9 Å². The van der Waals surface area contributed by atoms with E-state index in [0.29, 0.717) is 6.61 Å². The molecule has 0 aliphatic carbocycles. The van der Waals surface area contributed by atoms with E-state index in [-0.39, 0.29) is 11.5 Å². The second-order valence-electron chi connectivity index (χ2n) is 2.63. The van der Waals surface area contributed by atoms with E-state index in [2.05, 4.69) is 6.58 Å². The van der Waals surface area contributed by atoms with Gasteiger partial charge in [0.15, 0.2) is 11.5 Å². The normalized spacial score (nSPS) is 9.82. The third-order valence-corrected chi connectivity index (χ3v) is 1.21. The maximum absolute atomic E-state index is 10.6. The largest absolute Gasteiger partial charge is 0.489 e. The number of carbonyl (C=O) groups excluding carboxylic acids is 1. The van der Waals surface area contributed by atoms with E-state index in [4.69, 9.17) is 4.74 Å². The van der Waals surface area contributed by atoms with Crippen molar-refractivity contribution in [2.24, 2.45) is 0 Å². The second-order valence-corrected chi connectivity index (χ2v) is 2.63. The predicted molar refractivity (Wildman–Crippen MR) is 44.3 cm³/mol. The van der Waals surface area contributed by atoms with Crippen molar-refractivity contribution in [3.05, 3.63) is 12.3 Å². The Bertz CT molecular complexity index is 152. The van der Waals surface area contributed by atoms with Crippen LogP contribution >= 0.6 is 0 Å². The zero-order chi connectivity index (χ0) is 8.85. The van der Waals surface area contributed by atoms with Crippen LogP contribution in [0.4, 0.5) is 0 Å². The molecule has 0 amide bonds. The smallest absolute Gasteiger partial charge is 0.193 e. The molecule has 3 nitrogen and oxygen atoms in total. The van der Waals surface area contributed by atoms with Gasteiger partial charge in [0.05, 0.1) is 0 Å². The Morgan fingerprint density at radius 3 is 2.45 bits per heavy atom. The number of hydrogen-bond donors (Lipinski definition) is 0. The third-order valence-electron chi connectivity index (χ3n) is 1.21. The van der Waals surface area contributed by atoms with Crippen molar-refractivity contribution in [1.29, 1.82) is 0 Å². The van der Waals surface area contributed by atoms with E-state index >= 15 is 0 Å². The van der Waals surface area contributed by atoms with Gasteiger partial charge in [-0.05, 0) is 14.1 Å². The fourth-order valence-corrected chi connectivity index (χ4v) is 0.453. The number of ether oxygens (including phenoxy) is 1. The van der Waals surface area contributed by atoms with Crippen molar-refractivity contribution < 1.29 is 9.53 Å². The molecule has 0 atom stereocenters. The van der Waals surface area contributed by atoms with Gasteiger partial charge in [0.25, 0.3) is 0 Å². The lowest BCUT2D eigenvalue weighted by atomic mass is 10.4. The van der Waals surface area contributed by atoms with Crippen LogP contribution in [0, 0.1) is 0 Å². The number of allylic oxidation sites excluding steroid dienone is 1. The van der Waals surface area contributed by atoms with E-state index in [1.165, 1.54) is 6.92 Å². The van der Waals surface area contributed by atoms with Gasteiger partial charge in [-0.25, -0.2) is 0 Å². The number of nitrogens with zero attached hydrogens (tertiary/aromatic N) is 1. The molecule has 0 unspecified atom stereocenters. The van der Waals surface area contributed by atoms with Gasteiger partial charge in [0.2, 0.25) is 0 Å². The summed E-state index contributed by atoms with van der Waals surface area (Å²) in [5.74, 6) is 0.135. The van der Waals surface area contributed by atoms with Crippen LogP contribution in [0.2, 0.25) is 0 Å². The first kappa shape index (κ1) is 10.2. The summed E-state index contributed by atoms with van der Waals surface area (Å²) in [6, 6.07) is 0. The molecule has 0 N–H and O–H groups in total. The standard InChI is InChI=1S/C8H15NO2/c1-7(10)8(2)11-6-5-9(3)4/h2,5-6H2,1,3-4H3. The quantitative estimate of drug-likeness (QED) is 0.434. The van der Waals surface area contributed by atoms with E-state index in [1.54, 1.807) is 0 Å². The summed E-state index contributed by atoms with van der Waals surface area (Å²) in [5.41, 5.74) is 0. The molecule has 0 aliphatic heterocycles. The minimum Gasteiger partial charge on any atom is -0.489 e.